The predicted octanol–water partition coefficient (Wildman–Crippen LogP) is 9.09. The first kappa shape index (κ1) is 50.1. The average Bonchev–Trinajstić information content (AvgIpc) is 4.31. The number of fused-ring (bicyclic) bond motifs is 12. The summed E-state index contributed by atoms with van der Waals surface area (Å²) in [7, 11) is 0. The van der Waals surface area contributed by atoms with Gasteiger partial charge in [-0.05, 0) is 247 Å². The van der Waals surface area contributed by atoms with Crippen molar-refractivity contribution in [2.45, 2.75) is 83.1 Å². The van der Waals surface area contributed by atoms with Crippen LogP contribution in [0.25, 0.3) is 45.1 Å². The summed E-state index contributed by atoms with van der Waals surface area (Å²) in [6, 6.07) is 35.5. The van der Waals surface area contributed by atoms with E-state index in [1.807, 2.05) is 0 Å². The second-order valence-electron chi connectivity index (χ2n) is 22.6. The lowest BCUT2D eigenvalue weighted by Crippen LogP contribution is -2.21. The molecule has 5 aliphatic rings. The summed E-state index contributed by atoms with van der Waals surface area (Å²) in [4.78, 5) is 37.3. The van der Waals surface area contributed by atoms with Gasteiger partial charge < -0.3 is 19.9 Å². The van der Waals surface area contributed by atoms with Gasteiger partial charge in [-0.3, -0.25) is 0 Å². The number of allylic oxidation sites excluding steroid dienone is 4. The van der Waals surface area contributed by atoms with E-state index in [2.05, 4.69) is 249 Å². The number of hydrogen-bond acceptors (Lipinski definition) is 4. The van der Waals surface area contributed by atoms with Crippen molar-refractivity contribution in [1.29, 1.82) is 0 Å². The van der Waals surface area contributed by atoms with Crippen LogP contribution in [0.4, 0.5) is 0 Å². The van der Waals surface area contributed by atoms with Crippen LogP contribution in [0.3, 0.4) is 0 Å². The van der Waals surface area contributed by atoms with Crippen LogP contribution < -0.4 is 42.8 Å². The van der Waals surface area contributed by atoms with Crippen molar-refractivity contribution >= 4 is 67.9 Å². The summed E-state index contributed by atoms with van der Waals surface area (Å²) in [5, 5.41) is 7.57. The Kier molecular flexibility index (Phi) is 12.0. The zero-order valence-corrected chi connectivity index (χ0v) is 47.6. The molecule has 5 aliphatic heterocycles. The molecule has 8 aromatic rings. The fraction of sp³-hybridized carbons (Fsp3) is 0.167. The lowest BCUT2D eigenvalue weighted by Gasteiger charge is -2.14. The molecular weight excluding hydrogens is 977 g/mol. The second kappa shape index (κ2) is 19.2. The molecule has 8 heteroatoms. The van der Waals surface area contributed by atoms with Gasteiger partial charge in [-0.1, -0.05) is 70.8 Å². The number of hydrogen-bond donors (Lipinski definition) is 4. The molecule has 0 amide bonds. The Labute approximate surface area is 466 Å². The molecule has 0 atom stereocenters. The SMILES string of the molecule is Cc1cc(C)c(C2=c3ccc([nH]3)=C3C=CC(=N3)C(c3c(C)cc(C)cc3C)=c3ccc([nH]3)=C3C=CC(=N3)C(c3c(C)cc(C)cc3C)=c3ccc([nH]3)=C3C=CC(=N3)C(c3c(C)cc(C)cc3C)=c3ccc([nH]3)=C3C=CC2=N3)c(C)c1. The number of aryl methyl sites for hydroxylation is 12. The summed E-state index contributed by atoms with van der Waals surface area (Å²) in [6.45, 7) is 26.3. The molecule has 0 saturated heterocycles. The van der Waals surface area contributed by atoms with Crippen LogP contribution in [0.2, 0.25) is 0 Å². The van der Waals surface area contributed by atoms with E-state index < -0.39 is 0 Å². The third-order valence-electron chi connectivity index (χ3n) is 16.2. The van der Waals surface area contributed by atoms with Crippen LogP contribution in [-0.4, -0.2) is 42.8 Å². The lowest BCUT2D eigenvalue weighted by molar-refractivity contribution is 1.22. The molecule has 4 N–H and O–H groups in total. The molecule has 9 heterocycles. The maximum atomic E-state index is 5.47. The van der Waals surface area contributed by atoms with E-state index in [1.54, 1.807) is 0 Å². The van der Waals surface area contributed by atoms with E-state index >= 15 is 0 Å². The molecule has 8 nitrogen and oxygen atoms in total. The molecule has 0 fully saturated rings. The quantitative estimate of drug-likeness (QED) is 0.135. The average molecular weight is 1040 g/mol. The Morgan fingerprint density at radius 3 is 0.588 bits per heavy atom. The standard InChI is InChI=1S/C72H64N8/c1-37-29-41(5)65(42(6)30-37)69-57-21-13-49(73-57)51-15-23-59(75-51)70(66-43(7)31-38(2)32-44(66)8)61-25-17-53(77-61)55-19-27-63(79-55)72(68-47(11)35-40(4)36-48(68)12)64-28-20-56(80-64)54-18-26-62(78-54)71(67-45(9)33-39(3)34-46(67)10)60-24-16-52(76-60)50-14-22-58(69)74-50/h13-36,73,76-77,80H,1-12H3. The Hall–Kier alpha value is -9.40. The molecule has 4 aromatic heterocycles. The topological polar surface area (TPSA) is 113 Å². The number of nitrogens with one attached hydrogen (secondary N) is 4. The minimum atomic E-state index is 0.856. The first-order valence-corrected chi connectivity index (χ1v) is 27.7. The van der Waals surface area contributed by atoms with Gasteiger partial charge in [0.25, 0.3) is 0 Å². The minimum Gasteiger partial charge on any atom is -0.353 e. The molecule has 0 spiro atoms. The Balaban J connectivity index is 1.13. The van der Waals surface area contributed by atoms with Gasteiger partial charge in [0.2, 0.25) is 0 Å². The molecule has 0 unspecified atom stereocenters. The first-order valence-electron chi connectivity index (χ1n) is 27.7. The summed E-state index contributed by atoms with van der Waals surface area (Å²) < 4.78 is 0. The van der Waals surface area contributed by atoms with Gasteiger partial charge in [0, 0.05) is 43.7 Å². The summed E-state index contributed by atoms with van der Waals surface area (Å²) >= 11 is 0. The van der Waals surface area contributed by atoms with Crippen molar-refractivity contribution in [2.24, 2.45) is 20.0 Å². The fourth-order valence-electron chi connectivity index (χ4n) is 13.3. The zero-order valence-electron chi connectivity index (χ0n) is 47.6. The maximum Gasteiger partial charge on any atom is 0.0872 e. The van der Waals surface area contributed by atoms with Crippen molar-refractivity contribution in [1.82, 2.24) is 19.9 Å². The molecule has 0 saturated carbocycles. The highest BCUT2D eigenvalue weighted by atomic mass is 14.9. The van der Waals surface area contributed by atoms with Gasteiger partial charge in [-0.2, -0.15) is 0 Å². The third-order valence-corrected chi connectivity index (χ3v) is 16.2. The van der Waals surface area contributed by atoms with Gasteiger partial charge in [-0.15, -0.1) is 0 Å². The van der Waals surface area contributed by atoms with Crippen molar-refractivity contribution in [3.05, 3.63) is 277 Å². The second-order valence-corrected chi connectivity index (χ2v) is 22.6. The van der Waals surface area contributed by atoms with Crippen molar-refractivity contribution in [3.8, 4) is 0 Å². The molecule has 80 heavy (non-hydrogen) atoms. The van der Waals surface area contributed by atoms with Crippen molar-refractivity contribution in [3.63, 3.8) is 0 Å². The van der Waals surface area contributed by atoms with E-state index in [9.17, 15) is 0 Å². The van der Waals surface area contributed by atoms with Gasteiger partial charge in [0.05, 0.1) is 67.0 Å². The predicted molar refractivity (Wildman–Crippen MR) is 333 cm³/mol. The number of aromatic amines is 4. The third kappa shape index (κ3) is 8.63. The first-order chi connectivity index (χ1) is 38.5. The highest BCUT2D eigenvalue weighted by molar-refractivity contribution is 6.34. The monoisotopic (exact) mass is 1040 g/mol. The highest BCUT2D eigenvalue weighted by Crippen LogP contribution is 2.32. The van der Waals surface area contributed by atoms with Gasteiger partial charge >= 0.3 is 0 Å². The van der Waals surface area contributed by atoms with Crippen LogP contribution in [-0.2, 0) is 0 Å². The number of aliphatic imine (C=N–C) groups is 4. The molecule has 4 aromatic carbocycles. The normalized spacial score (nSPS) is 15.7. The van der Waals surface area contributed by atoms with Crippen LogP contribution in [0.5, 0.6) is 0 Å². The van der Waals surface area contributed by atoms with Gasteiger partial charge in [0.15, 0.2) is 0 Å². The van der Waals surface area contributed by atoms with E-state index in [0.717, 1.165) is 133 Å². The molecule has 13 rings (SSSR count). The summed E-state index contributed by atoms with van der Waals surface area (Å²) in [5.74, 6) is 0. The summed E-state index contributed by atoms with van der Waals surface area (Å²) in [6.07, 6.45) is 17.2. The molecule has 0 aliphatic carbocycles. The van der Waals surface area contributed by atoms with E-state index in [1.165, 1.54) is 66.8 Å². The van der Waals surface area contributed by atoms with Gasteiger partial charge in [-0.25, -0.2) is 20.0 Å². The molecule has 392 valence electrons. The van der Waals surface area contributed by atoms with Crippen molar-refractivity contribution < 1.29 is 0 Å². The number of benzene rings is 4. The van der Waals surface area contributed by atoms with Gasteiger partial charge in [0.1, 0.15) is 0 Å². The Morgan fingerprint density at radius 2 is 0.400 bits per heavy atom. The zero-order chi connectivity index (χ0) is 55.4. The van der Waals surface area contributed by atoms with Crippen LogP contribution >= 0.6 is 0 Å². The number of nitrogens with zero attached hydrogens (tertiary/aromatic N) is 4. The molecule has 0 radical (unpaired) electrons. The van der Waals surface area contributed by atoms with E-state index in [0.29, 0.717) is 0 Å². The highest BCUT2D eigenvalue weighted by Gasteiger charge is 2.25. The Morgan fingerprint density at radius 1 is 0.225 bits per heavy atom. The molecular formula is C72H64N8. The fourth-order valence-corrected chi connectivity index (χ4v) is 13.3. The van der Waals surface area contributed by atoms with Crippen molar-refractivity contribution in [2.75, 3.05) is 0 Å². The largest absolute Gasteiger partial charge is 0.353 e. The maximum absolute atomic E-state index is 5.47. The van der Waals surface area contributed by atoms with E-state index in [4.69, 9.17) is 20.0 Å². The van der Waals surface area contributed by atoms with Crippen LogP contribution in [0, 0.1) is 83.1 Å². The van der Waals surface area contributed by atoms with E-state index in [-0.39, 0.29) is 0 Å². The van der Waals surface area contributed by atoms with Crippen LogP contribution in [0.15, 0.2) is 166 Å². The number of aromatic nitrogens is 4. The lowest BCUT2D eigenvalue weighted by atomic mass is 9.91. The summed E-state index contributed by atoms with van der Waals surface area (Å²) in [5.41, 5.74) is 30.2. The number of H-pyrrole nitrogens is 4. The van der Waals surface area contributed by atoms with Crippen LogP contribution in [0.1, 0.15) is 89.0 Å². The number of rotatable bonds is 4. The minimum absolute atomic E-state index is 0.856. The Bertz CT molecular complexity index is 4210. The molecule has 16 bridgehead atoms. The smallest absolute Gasteiger partial charge is 0.0872 e.